The first-order chi connectivity index (χ1) is 13.4. The van der Waals surface area contributed by atoms with Gasteiger partial charge in [-0.15, -0.1) is 0 Å². The number of carbonyl (C=O) groups excluding carboxylic acids is 1. The monoisotopic (exact) mass is 436 g/mol. The van der Waals surface area contributed by atoms with Crippen LogP contribution < -0.4 is 9.83 Å². The maximum Gasteiger partial charge on any atom is 0.241 e. The Morgan fingerprint density at radius 2 is 1.72 bits per heavy atom. The summed E-state index contributed by atoms with van der Waals surface area (Å²) in [5, 5.41) is 21.4. The smallest absolute Gasteiger partial charge is 0.241 e. The molecule has 0 heterocycles. The molecule has 0 saturated heterocycles. The number of carboxylic acid groups (broad SMARTS) is 1. The van der Waals surface area contributed by atoms with Gasteiger partial charge >= 0.3 is 0 Å². The first-order valence-electron chi connectivity index (χ1n) is 8.90. The largest absolute Gasteiger partial charge is 0.545 e. The number of halogens is 1. The van der Waals surface area contributed by atoms with E-state index in [4.69, 9.17) is 11.6 Å². The summed E-state index contributed by atoms with van der Waals surface area (Å²) in [4.78, 5) is 11.8. The highest BCUT2D eigenvalue weighted by molar-refractivity contribution is 7.89. The van der Waals surface area contributed by atoms with Gasteiger partial charge in [-0.2, -0.15) is 0 Å². The first-order valence-corrected chi connectivity index (χ1v) is 10.8. The van der Waals surface area contributed by atoms with Gasteiger partial charge in [-0.25, -0.2) is 13.1 Å². The topological polar surface area (TPSA) is 107 Å². The predicted octanol–water partition coefficient (Wildman–Crippen LogP) is 2.35. The number of carboxylic acids is 1. The molecule has 0 atom stereocenters. The van der Waals surface area contributed by atoms with Crippen molar-refractivity contribution in [2.75, 3.05) is 6.61 Å². The lowest BCUT2D eigenvalue weighted by Crippen LogP contribution is -2.40. The Labute approximate surface area is 175 Å². The Morgan fingerprint density at radius 3 is 2.21 bits per heavy atom. The van der Waals surface area contributed by atoms with Crippen LogP contribution in [0.5, 0.6) is 0 Å². The average Bonchev–Trinajstić information content (AvgIpc) is 2.60. The van der Waals surface area contributed by atoms with Crippen molar-refractivity contribution >= 4 is 33.2 Å². The van der Waals surface area contributed by atoms with Crippen molar-refractivity contribution in [3.05, 3.63) is 70.3 Å². The van der Waals surface area contributed by atoms with Crippen LogP contribution in [-0.4, -0.2) is 31.6 Å². The fraction of sp³-hybridized carbons (Fsp3) is 0.286. The Bertz CT molecular complexity index is 1020. The number of hydrogen-bond acceptors (Lipinski definition) is 5. The maximum absolute atomic E-state index is 12.5. The molecule has 2 rings (SSSR count). The summed E-state index contributed by atoms with van der Waals surface area (Å²) in [5.41, 5.74) is 0.558. The number of hydrogen-bond donors (Lipinski definition) is 2. The van der Waals surface area contributed by atoms with E-state index in [1.54, 1.807) is 45.0 Å². The van der Waals surface area contributed by atoms with Crippen molar-refractivity contribution in [3.63, 3.8) is 0 Å². The van der Waals surface area contributed by atoms with E-state index in [1.165, 1.54) is 24.3 Å². The molecule has 0 aliphatic heterocycles. The van der Waals surface area contributed by atoms with Gasteiger partial charge in [0.2, 0.25) is 10.0 Å². The van der Waals surface area contributed by atoms with Crippen LogP contribution in [0.1, 0.15) is 38.3 Å². The first kappa shape index (κ1) is 23.1. The lowest BCUT2D eigenvalue weighted by atomic mass is 9.91. The molecular weight excluding hydrogens is 414 g/mol. The number of rotatable bonds is 7. The molecule has 8 heteroatoms. The maximum atomic E-state index is 12.5. The van der Waals surface area contributed by atoms with Gasteiger partial charge in [-0.1, -0.05) is 35.9 Å². The van der Waals surface area contributed by atoms with E-state index in [0.717, 1.165) is 0 Å². The summed E-state index contributed by atoms with van der Waals surface area (Å²) < 4.78 is 27.6. The van der Waals surface area contributed by atoms with Crippen LogP contribution in [0.15, 0.2) is 59.0 Å². The van der Waals surface area contributed by atoms with E-state index in [-0.39, 0.29) is 23.5 Å². The third kappa shape index (κ3) is 6.14. The van der Waals surface area contributed by atoms with Crippen LogP contribution >= 0.6 is 11.6 Å². The molecule has 0 spiro atoms. The highest BCUT2D eigenvalue weighted by Gasteiger charge is 2.22. The average molecular weight is 437 g/mol. The Morgan fingerprint density at radius 1 is 1.10 bits per heavy atom. The zero-order valence-corrected chi connectivity index (χ0v) is 18.0. The van der Waals surface area contributed by atoms with Crippen LogP contribution in [0.4, 0.5) is 0 Å². The molecule has 0 bridgehead atoms. The van der Waals surface area contributed by atoms with Crippen molar-refractivity contribution < 1.29 is 23.4 Å². The third-order valence-corrected chi connectivity index (χ3v) is 5.93. The fourth-order valence-electron chi connectivity index (χ4n) is 2.86. The number of benzene rings is 2. The third-order valence-electron chi connectivity index (χ3n) is 3.92. The van der Waals surface area contributed by atoms with Gasteiger partial charge in [-0.3, -0.25) is 0 Å². The van der Waals surface area contributed by atoms with Crippen LogP contribution in [0, 0.1) is 0 Å². The van der Waals surface area contributed by atoms with Gasteiger partial charge in [0.25, 0.3) is 0 Å². The second-order valence-corrected chi connectivity index (χ2v) is 9.62. The Balaban J connectivity index is 2.61. The van der Waals surface area contributed by atoms with Gasteiger partial charge in [0, 0.05) is 17.2 Å². The van der Waals surface area contributed by atoms with Gasteiger partial charge in [-0.05, 0) is 73.7 Å². The molecule has 0 aliphatic rings. The van der Waals surface area contributed by atoms with Gasteiger partial charge in [0.05, 0.1) is 10.9 Å². The van der Waals surface area contributed by atoms with Crippen molar-refractivity contribution in [1.29, 1.82) is 0 Å². The van der Waals surface area contributed by atoms with Gasteiger partial charge in [0.15, 0.2) is 0 Å². The molecular formula is C21H23ClNO5S-. The Kier molecular flexibility index (Phi) is 7.24. The molecule has 156 valence electrons. The molecule has 2 aromatic carbocycles. The molecule has 0 radical (unpaired) electrons. The van der Waals surface area contributed by atoms with Crippen LogP contribution in [0.2, 0.25) is 5.02 Å². The molecule has 0 fully saturated rings. The number of aliphatic hydroxyl groups is 1. The fourth-order valence-corrected chi connectivity index (χ4v) is 4.47. The van der Waals surface area contributed by atoms with E-state index < -0.39 is 21.5 Å². The summed E-state index contributed by atoms with van der Waals surface area (Å²) in [6.45, 7) is 4.83. The zero-order valence-electron chi connectivity index (χ0n) is 16.4. The van der Waals surface area contributed by atoms with E-state index in [0.29, 0.717) is 21.7 Å². The van der Waals surface area contributed by atoms with E-state index in [9.17, 15) is 23.4 Å². The number of carbonyl (C=O) groups is 1. The van der Waals surface area contributed by atoms with Crippen LogP contribution in [0.25, 0.3) is 5.57 Å². The van der Waals surface area contributed by atoms with Gasteiger partial charge < -0.3 is 15.0 Å². The molecule has 0 aliphatic carbocycles. The van der Waals surface area contributed by atoms with Crippen LogP contribution in [0.3, 0.4) is 0 Å². The van der Waals surface area contributed by atoms with Crippen molar-refractivity contribution in [2.45, 2.75) is 37.6 Å². The molecule has 0 aromatic heterocycles. The number of aliphatic carboxylic acids is 1. The lowest BCUT2D eigenvalue weighted by Gasteiger charge is -2.21. The molecule has 0 unspecified atom stereocenters. The highest BCUT2D eigenvalue weighted by Crippen LogP contribution is 2.31. The van der Waals surface area contributed by atoms with Crippen molar-refractivity contribution in [3.8, 4) is 0 Å². The molecule has 29 heavy (non-hydrogen) atoms. The second kappa shape index (κ2) is 9.09. The SMILES string of the molecule is CC(C)(C)NS(=O)(=O)c1ccc(/C(=C(\CCO)C(=O)[O-])c2cccc(Cl)c2)cc1. The molecule has 0 amide bonds. The van der Waals surface area contributed by atoms with Crippen molar-refractivity contribution in [1.82, 2.24) is 4.72 Å². The summed E-state index contributed by atoms with van der Waals surface area (Å²) in [5.74, 6) is -1.42. The minimum atomic E-state index is -3.73. The predicted molar refractivity (Wildman–Crippen MR) is 111 cm³/mol. The number of sulfonamides is 1. The normalized spacial score (nSPS) is 13.1. The second-order valence-electron chi connectivity index (χ2n) is 7.50. The molecule has 2 aromatic rings. The quantitative estimate of drug-likeness (QED) is 0.648. The highest BCUT2D eigenvalue weighted by atomic mass is 35.5. The van der Waals surface area contributed by atoms with E-state index >= 15 is 0 Å². The minimum absolute atomic E-state index is 0.0544. The Hall–Kier alpha value is -2.19. The van der Waals surface area contributed by atoms with Crippen molar-refractivity contribution in [2.24, 2.45) is 0 Å². The summed E-state index contributed by atoms with van der Waals surface area (Å²) in [7, 11) is -3.73. The molecule has 6 nitrogen and oxygen atoms in total. The summed E-state index contributed by atoms with van der Waals surface area (Å²) in [6, 6.07) is 12.5. The van der Waals surface area contributed by atoms with Gasteiger partial charge in [0.1, 0.15) is 0 Å². The van der Waals surface area contributed by atoms with E-state index in [1.807, 2.05) is 0 Å². The van der Waals surface area contributed by atoms with E-state index in [2.05, 4.69) is 4.72 Å². The van der Waals surface area contributed by atoms with Crippen LogP contribution in [-0.2, 0) is 14.8 Å². The minimum Gasteiger partial charge on any atom is -0.545 e. The lowest BCUT2D eigenvalue weighted by molar-refractivity contribution is -0.299. The number of nitrogens with one attached hydrogen (secondary N) is 1. The number of aliphatic hydroxyl groups excluding tert-OH is 1. The standard InChI is InChI=1S/C21H24ClNO5S/c1-21(2,3)23-29(27,28)17-9-7-14(8-10-17)19(18(11-12-24)20(25)26)15-5-4-6-16(22)13-15/h4-10,13,23-24H,11-12H2,1-3H3,(H,25,26)/p-1/b19-18-. The summed E-state index contributed by atoms with van der Waals surface area (Å²) >= 11 is 6.06. The summed E-state index contributed by atoms with van der Waals surface area (Å²) in [6.07, 6.45) is -0.129. The molecule has 0 saturated carbocycles. The zero-order chi connectivity index (χ0) is 21.8. The molecule has 2 N–H and O–H groups in total.